The van der Waals surface area contributed by atoms with Crippen molar-refractivity contribution in [2.75, 3.05) is 0 Å². The van der Waals surface area contributed by atoms with E-state index in [-0.39, 0.29) is 0 Å². The maximum Gasteiger partial charge on any atom is 0.182 e. The second-order valence-electron chi connectivity index (χ2n) is 6.55. The highest BCUT2D eigenvalue weighted by molar-refractivity contribution is 7.04. The van der Waals surface area contributed by atoms with Crippen molar-refractivity contribution in [1.29, 1.82) is 0 Å². The maximum atomic E-state index is 5.46. The van der Waals surface area contributed by atoms with E-state index in [4.69, 9.17) is 4.42 Å². The summed E-state index contributed by atoms with van der Waals surface area (Å²) in [4.78, 5) is 4.42. The van der Waals surface area contributed by atoms with Crippen LogP contribution in [0.2, 0.25) is 13.1 Å². The molecule has 0 radical (unpaired) electrons. The summed E-state index contributed by atoms with van der Waals surface area (Å²) >= 11 is 0. The third-order valence-corrected chi connectivity index (χ3v) is 8.56. The van der Waals surface area contributed by atoms with Gasteiger partial charge in [-0.05, 0) is 39.0 Å². The van der Waals surface area contributed by atoms with Crippen LogP contribution in [0.4, 0.5) is 0 Å². The SMILES string of the molecule is C[Si]1(C)c2ccccc2-c2cc3ccc4ocnc4c3cc21. The Hall–Kier alpha value is -2.39. The predicted octanol–water partition coefficient (Wildman–Crippen LogP) is 3.78. The number of oxazole rings is 1. The van der Waals surface area contributed by atoms with Crippen molar-refractivity contribution >= 4 is 40.3 Å². The van der Waals surface area contributed by atoms with Gasteiger partial charge in [-0.15, -0.1) is 0 Å². The predicted molar refractivity (Wildman–Crippen MR) is 93.7 cm³/mol. The lowest BCUT2D eigenvalue weighted by Crippen LogP contribution is -2.49. The highest BCUT2D eigenvalue weighted by Gasteiger charge is 2.37. The van der Waals surface area contributed by atoms with E-state index in [9.17, 15) is 0 Å². The Bertz CT molecular complexity index is 1060. The second-order valence-corrected chi connectivity index (χ2v) is 10.9. The van der Waals surface area contributed by atoms with E-state index in [0.29, 0.717) is 0 Å². The topological polar surface area (TPSA) is 26.0 Å². The molecule has 1 aliphatic rings. The molecule has 1 aromatic heterocycles. The average Bonchev–Trinajstić information content (AvgIpc) is 3.09. The number of rotatable bonds is 0. The van der Waals surface area contributed by atoms with Crippen LogP contribution in [-0.4, -0.2) is 13.1 Å². The van der Waals surface area contributed by atoms with Gasteiger partial charge in [0.1, 0.15) is 13.6 Å². The van der Waals surface area contributed by atoms with Crippen molar-refractivity contribution < 1.29 is 4.42 Å². The fourth-order valence-corrected chi connectivity index (χ4v) is 6.93. The van der Waals surface area contributed by atoms with Gasteiger partial charge in [0, 0.05) is 5.39 Å². The van der Waals surface area contributed by atoms with E-state index in [1.165, 1.54) is 38.7 Å². The highest BCUT2D eigenvalue weighted by Crippen LogP contribution is 2.33. The van der Waals surface area contributed by atoms with Gasteiger partial charge in [-0.1, -0.05) is 49.5 Å². The lowest BCUT2D eigenvalue weighted by Gasteiger charge is -2.19. The summed E-state index contributed by atoms with van der Waals surface area (Å²) in [5.74, 6) is 0. The first-order valence-corrected chi connectivity index (χ1v) is 10.6. The number of hydrogen-bond acceptors (Lipinski definition) is 2. The number of benzene rings is 3. The fourth-order valence-electron chi connectivity index (χ4n) is 3.85. The number of hydrogen-bond donors (Lipinski definition) is 0. The minimum absolute atomic E-state index is 0.863. The van der Waals surface area contributed by atoms with Crippen LogP contribution >= 0.6 is 0 Å². The van der Waals surface area contributed by atoms with Gasteiger partial charge in [-0.25, -0.2) is 4.98 Å². The number of aromatic nitrogens is 1. The van der Waals surface area contributed by atoms with Crippen molar-refractivity contribution in [3.63, 3.8) is 0 Å². The molecular formula is C19H15NOSi. The van der Waals surface area contributed by atoms with Gasteiger partial charge in [0.25, 0.3) is 0 Å². The van der Waals surface area contributed by atoms with Crippen molar-refractivity contribution in [3.8, 4) is 11.1 Å². The Morgan fingerprint density at radius 2 is 1.77 bits per heavy atom. The number of fused-ring (bicyclic) bond motifs is 6. The summed E-state index contributed by atoms with van der Waals surface area (Å²) in [5.41, 5.74) is 4.66. The summed E-state index contributed by atoms with van der Waals surface area (Å²) in [6, 6.07) is 17.7. The molecular weight excluding hydrogens is 286 g/mol. The molecule has 3 heteroatoms. The van der Waals surface area contributed by atoms with E-state index in [2.05, 4.69) is 60.5 Å². The molecule has 0 saturated carbocycles. The molecule has 5 rings (SSSR count). The zero-order valence-electron chi connectivity index (χ0n) is 12.6. The molecule has 0 atom stereocenters. The van der Waals surface area contributed by atoms with Crippen molar-refractivity contribution in [2.24, 2.45) is 0 Å². The summed E-state index contributed by atoms with van der Waals surface area (Å²) in [6.07, 6.45) is 1.54. The minimum Gasteiger partial charge on any atom is -0.443 e. The Labute approximate surface area is 129 Å². The summed E-state index contributed by atoms with van der Waals surface area (Å²) in [5, 5.41) is 5.49. The molecule has 0 amide bonds. The molecule has 3 aromatic carbocycles. The normalized spacial score (nSPS) is 15.2. The van der Waals surface area contributed by atoms with Gasteiger partial charge in [0.05, 0.1) is 0 Å². The molecule has 4 aromatic rings. The van der Waals surface area contributed by atoms with E-state index >= 15 is 0 Å². The zero-order valence-corrected chi connectivity index (χ0v) is 13.6. The molecule has 22 heavy (non-hydrogen) atoms. The molecule has 0 fully saturated rings. The van der Waals surface area contributed by atoms with Crippen LogP contribution in [0.25, 0.3) is 33.0 Å². The van der Waals surface area contributed by atoms with Gasteiger partial charge in [-0.2, -0.15) is 0 Å². The van der Waals surface area contributed by atoms with Crippen LogP contribution in [0.1, 0.15) is 0 Å². The van der Waals surface area contributed by atoms with E-state index < -0.39 is 8.07 Å². The van der Waals surface area contributed by atoms with E-state index in [1.807, 2.05) is 6.07 Å². The first-order valence-electron chi connectivity index (χ1n) is 7.56. The van der Waals surface area contributed by atoms with Crippen LogP contribution in [-0.2, 0) is 0 Å². The van der Waals surface area contributed by atoms with Gasteiger partial charge in [0.15, 0.2) is 12.0 Å². The number of nitrogens with zero attached hydrogens (tertiary/aromatic N) is 1. The molecule has 0 saturated heterocycles. The molecule has 106 valence electrons. The summed E-state index contributed by atoms with van der Waals surface area (Å²) in [7, 11) is -1.62. The first kappa shape index (κ1) is 12.2. The molecule has 0 N–H and O–H groups in total. The Morgan fingerprint density at radius 1 is 0.909 bits per heavy atom. The van der Waals surface area contributed by atoms with Gasteiger partial charge < -0.3 is 4.42 Å². The minimum atomic E-state index is -1.62. The largest absolute Gasteiger partial charge is 0.443 e. The third kappa shape index (κ3) is 1.37. The zero-order chi connectivity index (χ0) is 14.9. The fraction of sp³-hybridized carbons (Fsp3) is 0.105. The first-order chi connectivity index (χ1) is 10.7. The van der Waals surface area contributed by atoms with Crippen LogP contribution in [0.3, 0.4) is 0 Å². The maximum absolute atomic E-state index is 5.46. The van der Waals surface area contributed by atoms with Crippen molar-refractivity contribution in [3.05, 3.63) is 54.9 Å². The van der Waals surface area contributed by atoms with Crippen LogP contribution < -0.4 is 10.4 Å². The summed E-state index contributed by atoms with van der Waals surface area (Å²) < 4.78 is 5.46. The Kier molecular flexibility index (Phi) is 2.14. The lowest BCUT2D eigenvalue weighted by molar-refractivity contribution is 0.602. The molecule has 0 bridgehead atoms. The van der Waals surface area contributed by atoms with Gasteiger partial charge >= 0.3 is 0 Å². The van der Waals surface area contributed by atoms with Crippen molar-refractivity contribution in [1.82, 2.24) is 4.98 Å². The molecule has 1 aliphatic heterocycles. The van der Waals surface area contributed by atoms with Gasteiger partial charge in [0.2, 0.25) is 0 Å². The molecule has 2 nitrogen and oxygen atoms in total. The quantitative estimate of drug-likeness (QED) is 0.462. The average molecular weight is 301 g/mol. The smallest absolute Gasteiger partial charge is 0.182 e. The molecule has 0 unspecified atom stereocenters. The molecule has 0 spiro atoms. The lowest BCUT2D eigenvalue weighted by atomic mass is 10.0. The van der Waals surface area contributed by atoms with Crippen LogP contribution in [0.5, 0.6) is 0 Å². The molecule has 2 heterocycles. The van der Waals surface area contributed by atoms with Crippen LogP contribution in [0.15, 0.2) is 59.3 Å². The molecule has 0 aliphatic carbocycles. The summed E-state index contributed by atoms with van der Waals surface area (Å²) in [6.45, 7) is 4.87. The standard InChI is InChI=1S/C19H15NOSi/c1-22(2)17-6-4-3-5-13(17)15-9-12-7-8-16-19(20-11-21-16)14(12)10-18(15)22/h3-11H,1-2H3. The monoisotopic (exact) mass is 301 g/mol. The van der Waals surface area contributed by atoms with Crippen molar-refractivity contribution in [2.45, 2.75) is 13.1 Å². The second kappa shape index (κ2) is 3.87. The van der Waals surface area contributed by atoms with E-state index in [1.54, 1.807) is 0 Å². The Balaban J connectivity index is 1.96. The Morgan fingerprint density at radius 3 is 2.68 bits per heavy atom. The third-order valence-electron chi connectivity index (χ3n) is 5.02. The van der Waals surface area contributed by atoms with E-state index in [0.717, 1.165) is 11.1 Å². The van der Waals surface area contributed by atoms with Gasteiger partial charge in [-0.3, -0.25) is 0 Å². The highest BCUT2D eigenvalue weighted by atomic mass is 28.3. The van der Waals surface area contributed by atoms with Crippen LogP contribution in [0, 0.1) is 0 Å².